The molecule has 1 amide bonds. The van der Waals surface area contributed by atoms with Gasteiger partial charge in [-0.1, -0.05) is 20.8 Å². The second kappa shape index (κ2) is 5.28. The van der Waals surface area contributed by atoms with Crippen LogP contribution < -0.4 is 5.32 Å². The molecule has 1 aliphatic carbocycles. The van der Waals surface area contributed by atoms with Gasteiger partial charge in [-0.15, -0.1) is 5.10 Å². The van der Waals surface area contributed by atoms with Gasteiger partial charge in [0.05, 0.1) is 6.10 Å². The molecule has 0 saturated heterocycles. The average Bonchev–Trinajstić information content (AvgIpc) is 2.82. The van der Waals surface area contributed by atoms with Crippen LogP contribution in [0.25, 0.3) is 0 Å². The highest BCUT2D eigenvalue weighted by atomic mass is 16.5. The van der Waals surface area contributed by atoms with Crippen LogP contribution in [0, 0.1) is 5.41 Å². The normalized spacial score (nSPS) is 24.8. The average molecular weight is 266 g/mol. The standard InChI is InChI=1S/C13H22N4O2/c1-5-6-10-15-11(17-16-10)12(18)14-8-7-9(19-4)13(8,2)3/h8-9H,5-7H2,1-4H3,(H,14,18)(H,15,16,17). The van der Waals surface area contributed by atoms with Gasteiger partial charge in [-0.2, -0.15) is 0 Å². The Morgan fingerprint density at radius 2 is 2.32 bits per heavy atom. The summed E-state index contributed by atoms with van der Waals surface area (Å²) in [5.74, 6) is 0.765. The molecule has 0 spiro atoms. The summed E-state index contributed by atoms with van der Waals surface area (Å²) in [7, 11) is 1.71. The lowest BCUT2D eigenvalue weighted by Gasteiger charge is -2.51. The fraction of sp³-hybridized carbons (Fsp3) is 0.769. The Bertz CT molecular complexity index is 455. The Morgan fingerprint density at radius 3 is 2.89 bits per heavy atom. The maximum atomic E-state index is 12.1. The number of hydrogen-bond donors (Lipinski definition) is 2. The smallest absolute Gasteiger partial charge is 0.291 e. The number of aromatic nitrogens is 3. The minimum Gasteiger partial charge on any atom is -0.381 e. The molecule has 1 heterocycles. The van der Waals surface area contributed by atoms with Crippen LogP contribution in [0.2, 0.25) is 0 Å². The molecule has 0 bridgehead atoms. The summed E-state index contributed by atoms with van der Waals surface area (Å²) in [4.78, 5) is 16.2. The minimum absolute atomic E-state index is 0.0486. The van der Waals surface area contributed by atoms with Gasteiger partial charge >= 0.3 is 0 Å². The van der Waals surface area contributed by atoms with Crippen molar-refractivity contribution in [1.82, 2.24) is 20.5 Å². The molecule has 2 unspecified atom stereocenters. The van der Waals surface area contributed by atoms with E-state index in [1.807, 2.05) is 0 Å². The third kappa shape index (κ3) is 2.63. The molecule has 0 radical (unpaired) electrons. The number of aromatic amines is 1. The summed E-state index contributed by atoms with van der Waals surface area (Å²) in [6.45, 7) is 6.25. The Balaban J connectivity index is 1.94. The van der Waals surface area contributed by atoms with Crippen molar-refractivity contribution in [2.45, 2.75) is 52.2 Å². The van der Waals surface area contributed by atoms with Gasteiger partial charge < -0.3 is 10.1 Å². The summed E-state index contributed by atoms with van der Waals surface area (Å²) in [6.07, 6.45) is 2.81. The molecule has 1 aliphatic rings. The number of aryl methyl sites for hydroxylation is 1. The first-order chi connectivity index (χ1) is 8.98. The monoisotopic (exact) mass is 266 g/mol. The topological polar surface area (TPSA) is 79.9 Å². The maximum absolute atomic E-state index is 12.1. The van der Waals surface area contributed by atoms with Crippen LogP contribution in [-0.2, 0) is 11.2 Å². The number of methoxy groups -OCH3 is 1. The lowest BCUT2D eigenvalue weighted by Crippen LogP contribution is -2.61. The highest BCUT2D eigenvalue weighted by Crippen LogP contribution is 2.42. The molecule has 2 atom stereocenters. The third-order valence-corrected chi connectivity index (χ3v) is 3.99. The van der Waals surface area contributed by atoms with Crippen molar-refractivity contribution in [1.29, 1.82) is 0 Å². The number of rotatable bonds is 5. The molecule has 6 heteroatoms. The molecule has 106 valence electrons. The van der Waals surface area contributed by atoms with E-state index in [-0.39, 0.29) is 29.3 Å². The van der Waals surface area contributed by atoms with Crippen LogP contribution in [0.1, 0.15) is 50.1 Å². The summed E-state index contributed by atoms with van der Waals surface area (Å²) in [6, 6.07) is 0.109. The predicted octanol–water partition coefficient (Wildman–Crippen LogP) is 1.30. The lowest BCUT2D eigenvalue weighted by molar-refractivity contribution is -0.0943. The first-order valence-electron chi connectivity index (χ1n) is 6.74. The van der Waals surface area contributed by atoms with Crippen molar-refractivity contribution in [3.63, 3.8) is 0 Å². The molecule has 0 aliphatic heterocycles. The van der Waals surface area contributed by atoms with Crippen LogP contribution in [-0.4, -0.2) is 40.3 Å². The molecular formula is C13H22N4O2. The highest BCUT2D eigenvalue weighted by Gasteiger charge is 2.49. The van der Waals surface area contributed by atoms with Crippen molar-refractivity contribution in [3.8, 4) is 0 Å². The molecule has 19 heavy (non-hydrogen) atoms. The van der Waals surface area contributed by atoms with E-state index in [1.165, 1.54) is 0 Å². The number of nitrogens with one attached hydrogen (secondary N) is 2. The van der Waals surface area contributed by atoms with E-state index in [9.17, 15) is 4.79 Å². The molecule has 2 N–H and O–H groups in total. The van der Waals surface area contributed by atoms with Gasteiger partial charge in [0, 0.05) is 25.0 Å². The Labute approximate surface area is 113 Å². The third-order valence-electron chi connectivity index (χ3n) is 3.99. The minimum atomic E-state index is -0.216. The van der Waals surface area contributed by atoms with Crippen molar-refractivity contribution < 1.29 is 9.53 Å². The summed E-state index contributed by atoms with van der Waals surface area (Å²) in [5.41, 5.74) is -0.0486. The van der Waals surface area contributed by atoms with Gasteiger partial charge in [-0.25, -0.2) is 4.98 Å². The van der Waals surface area contributed by atoms with Crippen molar-refractivity contribution in [2.24, 2.45) is 5.41 Å². The number of H-pyrrole nitrogens is 1. The Morgan fingerprint density at radius 1 is 1.58 bits per heavy atom. The van der Waals surface area contributed by atoms with Crippen LogP contribution in [0.4, 0.5) is 0 Å². The number of ether oxygens (including phenoxy) is 1. The van der Waals surface area contributed by atoms with E-state index < -0.39 is 0 Å². The highest BCUT2D eigenvalue weighted by molar-refractivity contribution is 5.90. The summed E-state index contributed by atoms with van der Waals surface area (Å²) < 4.78 is 5.37. The number of hydrogen-bond acceptors (Lipinski definition) is 4. The van der Waals surface area contributed by atoms with E-state index in [2.05, 4.69) is 41.3 Å². The first kappa shape index (κ1) is 14.0. The van der Waals surface area contributed by atoms with Gasteiger partial charge in [-0.3, -0.25) is 9.89 Å². The largest absolute Gasteiger partial charge is 0.381 e. The molecule has 1 fully saturated rings. The zero-order valence-electron chi connectivity index (χ0n) is 12.0. The van der Waals surface area contributed by atoms with E-state index in [4.69, 9.17) is 4.74 Å². The Kier molecular flexibility index (Phi) is 3.89. The molecule has 2 rings (SSSR count). The van der Waals surface area contributed by atoms with Crippen LogP contribution >= 0.6 is 0 Å². The zero-order valence-corrected chi connectivity index (χ0v) is 12.0. The van der Waals surface area contributed by atoms with Gasteiger partial charge in [-0.05, 0) is 12.8 Å². The molecule has 1 aromatic heterocycles. The second-order valence-corrected chi connectivity index (χ2v) is 5.66. The van der Waals surface area contributed by atoms with E-state index in [0.717, 1.165) is 25.1 Å². The van der Waals surface area contributed by atoms with Crippen molar-refractivity contribution in [3.05, 3.63) is 11.6 Å². The van der Waals surface area contributed by atoms with Crippen LogP contribution in [0.5, 0.6) is 0 Å². The zero-order chi connectivity index (χ0) is 14.0. The SMILES string of the molecule is CCCc1nc(C(=O)NC2CC(OC)C2(C)C)n[nH]1. The number of carbonyl (C=O) groups is 1. The van der Waals surface area contributed by atoms with E-state index in [0.29, 0.717) is 0 Å². The van der Waals surface area contributed by atoms with E-state index in [1.54, 1.807) is 7.11 Å². The molecule has 0 aromatic carbocycles. The quantitative estimate of drug-likeness (QED) is 0.842. The number of nitrogens with zero attached hydrogens (tertiary/aromatic N) is 2. The van der Waals surface area contributed by atoms with Crippen LogP contribution in [0.15, 0.2) is 0 Å². The fourth-order valence-corrected chi connectivity index (χ4v) is 2.50. The van der Waals surface area contributed by atoms with Crippen LogP contribution in [0.3, 0.4) is 0 Å². The number of amides is 1. The second-order valence-electron chi connectivity index (χ2n) is 5.66. The van der Waals surface area contributed by atoms with Gasteiger partial charge in [0.1, 0.15) is 5.82 Å². The fourth-order valence-electron chi connectivity index (χ4n) is 2.50. The molecular weight excluding hydrogens is 244 g/mol. The summed E-state index contributed by atoms with van der Waals surface area (Å²) in [5, 5.41) is 9.72. The first-order valence-corrected chi connectivity index (χ1v) is 6.74. The van der Waals surface area contributed by atoms with Gasteiger partial charge in [0.2, 0.25) is 5.82 Å². The number of carbonyl (C=O) groups excluding carboxylic acids is 1. The van der Waals surface area contributed by atoms with Gasteiger partial charge in [0.15, 0.2) is 0 Å². The molecule has 1 aromatic rings. The lowest BCUT2D eigenvalue weighted by atomic mass is 9.64. The molecule has 1 saturated carbocycles. The van der Waals surface area contributed by atoms with Gasteiger partial charge in [0.25, 0.3) is 5.91 Å². The van der Waals surface area contributed by atoms with Crippen molar-refractivity contribution >= 4 is 5.91 Å². The van der Waals surface area contributed by atoms with E-state index >= 15 is 0 Å². The predicted molar refractivity (Wildman–Crippen MR) is 70.8 cm³/mol. The molecule has 6 nitrogen and oxygen atoms in total. The Hall–Kier alpha value is -1.43. The maximum Gasteiger partial charge on any atom is 0.291 e. The summed E-state index contributed by atoms with van der Waals surface area (Å²) >= 11 is 0. The van der Waals surface area contributed by atoms with Crippen molar-refractivity contribution in [2.75, 3.05) is 7.11 Å².